The summed E-state index contributed by atoms with van der Waals surface area (Å²) in [5.74, 6) is 0. The number of aliphatic hydroxyl groups is 1. The van der Waals surface area contributed by atoms with Gasteiger partial charge in [0.05, 0.1) is 17.8 Å². The molecule has 2 nitrogen and oxygen atoms in total. The maximum Gasteiger partial charge on any atom is 0.0842 e. The molecule has 0 bridgehead atoms. The van der Waals surface area contributed by atoms with Crippen LogP contribution in [0.2, 0.25) is 0 Å². The van der Waals surface area contributed by atoms with Crippen molar-refractivity contribution in [3.8, 4) is 0 Å². The minimum Gasteiger partial charge on any atom is -0.390 e. The van der Waals surface area contributed by atoms with Crippen molar-refractivity contribution in [2.45, 2.75) is 64.3 Å². The van der Waals surface area contributed by atoms with Gasteiger partial charge >= 0.3 is 0 Å². The molecular formula is C10H20O2. The molecule has 1 saturated heterocycles. The van der Waals surface area contributed by atoms with E-state index in [9.17, 15) is 5.11 Å². The quantitative estimate of drug-likeness (QED) is 0.706. The van der Waals surface area contributed by atoms with Gasteiger partial charge in [-0.05, 0) is 19.8 Å². The third-order valence-corrected chi connectivity index (χ3v) is 2.83. The fourth-order valence-corrected chi connectivity index (χ4v) is 1.83. The van der Waals surface area contributed by atoms with Gasteiger partial charge in [0.1, 0.15) is 0 Å². The Kier molecular flexibility index (Phi) is 3.13. The van der Waals surface area contributed by atoms with E-state index in [1.807, 2.05) is 0 Å². The molecule has 0 aromatic carbocycles. The summed E-state index contributed by atoms with van der Waals surface area (Å²) >= 11 is 0. The summed E-state index contributed by atoms with van der Waals surface area (Å²) in [7, 11) is 0. The summed E-state index contributed by atoms with van der Waals surface area (Å²) in [6.45, 7) is 6.32. The van der Waals surface area contributed by atoms with Gasteiger partial charge in [-0.3, -0.25) is 0 Å². The smallest absolute Gasteiger partial charge is 0.0842 e. The van der Waals surface area contributed by atoms with Gasteiger partial charge in [0.25, 0.3) is 0 Å². The number of hydrogen-bond donors (Lipinski definition) is 1. The molecule has 0 aromatic heterocycles. The summed E-state index contributed by atoms with van der Waals surface area (Å²) in [6.07, 6.45) is 3.70. The molecule has 1 N–H and O–H groups in total. The third kappa shape index (κ3) is 1.99. The van der Waals surface area contributed by atoms with Crippen molar-refractivity contribution in [2.24, 2.45) is 0 Å². The fraction of sp³-hybridized carbons (Fsp3) is 1.00. The topological polar surface area (TPSA) is 29.5 Å². The Morgan fingerprint density at radius 3 is 2.58 bits per heavy atom. The lowest BCUT2D eigenvalue weighted by atomic mass is 9.97. The van der Waals surface area contributed by atoms with Crippen molar-refractivity contribution in [3.05, 3.63) is 0 Å². The SMILES string of the molecule is CCCC1OC(C)(CC)CC1O. The predicted octanol–water partition coefficient (Wildman–Crippen LogP) is 2.11. The summed E-state index contributed by atoms with van der Waals surface area (Å²) in [5, 5.41) is 9.66. The van der Waals surface area contributed by atoms with Crippen LogP contribution in [0.4, 0.5) is 0 Å². The van der Waals surface area contributed by atoms with Crippen molar-refractivity contribution >= 4 is 0 Å². The minimum atomic E-state index is -0.241. The minimum absolute atomic E-state index is 0.0702. The van der Waals surface area contributed by atoms with E-state index in [0.29, 0.717) is 0 Å². The number of ether oxygens (including phenoxy) is 1. The lowest BCUT2D eigenvalue weighted by Gasteiger charge is -2.22. The first-order chi connectivity index (χ1) is 5.61. The zero-order chi connectivity index (χ0) is 9.19. The summed E-state index contributed by atoms with van der Waals surface area (Å²) in [6, 6.07) is 0. The molecule has 72 valence electrons. The van der Waals surface area contributed by atoms with E-state index in [2.05, 4.69) is 20.8 Å². The van der Waals surface area contributed by atoms with Gasteiger partial charge in [0.15, 0.2) is 0 Å². The van der Waals surface area contributed by atoms with Crippen molar-refractivity contribution in [1.29, 1.82) is 0 Å². The van der Waals surface area contributed by atoms with Crippen LogP contribution in [0.25, 0.3) is 0 Å². The fourth-order valence-electron chi connectivity index (χ4n) is 1.83. The van der Waals surface area contributed by atoms with Crippen molar-refractivity contribution in [2.75, 3.05) is 0 Å². The number of hydrogen-bond acceptors (Lipinski definition) is 2. The molecule has 0 aliphatic carbocycles. The van der Waals surface area contributed by atoms with Crippen LogP contribution in [-0.4, -0.2) is 22.9 Å². The predicted molar refractivity (Wildman–Crippen MR) is 49.1 cm³/mol. The van der Waals surface area contributed by atoms with Crippen LogP contribution >= 0.6 is 0 Å². The highest BCUT2D eigenvalue weighted by molar-refractivity contribution is 4.89. The van der Waals surface area contributed by atoms with E-state index in [-0.39, 0.29) is 17.8 Å². The van der Waals surface area contributed by atoms with E-state index < -0.39 is 0 Å². The van der Waals surface area contributed by atoms with Gasteiger partial charge in [-0.15, -0.1) is 0 Å². The molecular weight excluding hydrogens is 152 g/mol. The Morgan fingerprint density at radius 2 is 2.17 bits per heavy atom. The molecule has 12 heavy (non-hydrogen) atoms. The zero-order valence-electron chi connectivity index (χ0n) is 8.34. The highest BCUT2D eigenvalue weighted by atomic mass is 16.5. The summed E-state index contributed by atoms with van der Waals surface area (Å²) in [4.78, 5) is 0. The van der Waals surface area contributed by atoms with E-state index in [0.717, 1.165) is 25.7 Å². The second-order valence-corrected chi connectivity index (χ2v) is 4.02. The monoisotopic (exact) mass is 172 g/mol. The molecule has 0 aromatic rings. The molecule has 3 atom stereocenters. The van der Waals surface area contributed by atoms with Crippen LogP contribution in [0.15, 0.2) is 0 Å². The molecule has 1 aliphatic heterocycles. The first kappa shape index (κ1) is 10.0. The third-order valence-electron chi connectivity index (χ3n) is 2.83. The average Bonchev–Trinajstić information content (AvgIpc) is 2.30. The van der Waals surface area contributed by atoms with Gasteiger partial charge in [-0.25, -0.2) is 0 Å². The van der Waals surface area contributed by atoms with E-state index in [4.69, 9.17) is 4.74 Å². The van der Waals surface area contributed by atoms with Gasteiger partial charge in [-0.1, -0.05) is 20.3 Å². The standard InChI is InChI=1S/C10H20O2/c1-4-6-9-8(11)7-10(3,5-2)12-9/h8-9,11H,4-7H2,1-3H3. The highest BCUT2D eigenvalue weighted by Gasteiger charge is 2.40. The van der Waals surface area contributed by atoms with Gasteiger partial charge in [0, 0.05) is 6.42 Å². The number of rotatable bonds is 3. The molecule has 0 saturated carbocycles. The molecule has 0 spiro atoms. The average molecular weight is 172 g/mol. The van der Waals surface area contributed by atoms with Crippen LogP contribution in [0.1, 0.15) is 46.5 Å². The van der Waals surface area contributed by atoms with Crippen LogP contribution < -0.4 is 0 Å². The Labute approximate surface area is 74.9 Å². The second-order valence-electron chi connectivity index (χ2n) is 4.02. The highest BCUT2D eigenvalue weighted by Crippen LogP contribution is 2.34. The van der Waals surface area contributed by atoms with E-state index in [1.165, 1.54) is 0 Å². The molecule has 1 aliphatic rings. The summed E-state index contributed by atoms with van der Waals surface area (Å²) < 4.78 is 5.80. The molecule has 2 heteroatoms. The maximum atomic E-state index is 9.66. The molecule has 1 rings (SSSR count). The van der Waals surface area contributed by atoms with Gasteiger partial charge in [-0.2, -0.15) is 0 Å². The van der Waals surface area contributed by atoms with Crippen LogP contribution in [0, 0.1) is 0 Å². The normalized spacial score (nSPS) is 42.0. The molecule has 1 fully saturated rings. The first-order valence-corrected chi connectivity index (χ1v) is 4.97. The Balaban J connectivity index is 2.49. The molecule has 0 amide bonds. The van der Waals surface area contributed by atoms with Crippen LogP contribution in [0.3, 0.4) is 0 Å². The Hall–Kier alpha value is -0.0800. The van der Waals surface area contributed by atoms with Crippen molar-refractivity contribution < 1.29 is 9.84 Å². The van der Waals surface area contributed by atoms with E-state index >= 15 is 0 Å². The van der Waals surface area contributed by atoms with Crippen molar-refractivity contribution in [3.63, 3.8) is 0 Å². The lowest BCUT2D eigenvalue weighted by Crippen LogP contribution is -2.23. The van der Waals surface area contributed by atoms with Crippen LogP contribution in [-0.2, 0) is 4.74 Å². The second kappa shape index (κ2) is 3.75. The Bertz CT molecular complexity index is 147. The molecule has 3 unspecified atom stereocenters. The largest absolute Gasteiger partial charge is 0.390 e. The van der Waals surface area contributed by atoms with Crippen molar-refractivity contribution in [1.82, 2.24) is 0 Å². The first-order valence-electron chi connectivity index (χ1n) is 4.97. The van der Waals surface area contributed by atoms with Gasteiger partial charge < -0.3 is 9.84 Å². The van der Waals surface area contributed by atoms with Crippen LogP contribution in [0.5, 0.6) is 0 Å². The van der Waals surface area contributed by atoms with Gasteiger partial charge in [0.2, 0.25) is 0 Å². The molecule has 1 heterocycles. The lowest BCUT2D eigenvalue weighted by molar-refractivity contribution is -0.0470. The summed E-state index contributed by atoms with van der Waals surface area (Å²) in [5.41, 5.74) is -0.0702. The van der Waals surface area contributed by atoms with E-state index in [1.54, 1.807) is 0 Å². The maximum absolute atomic E-state index is 9.66. The molecule has 0 radical (unpaired) electrons. The Morgan fingerprint density at radius 1 is 1.50 bits per heavy atom. The zero-order valence-corrected chi connectivity index (χ0v) is 8.34. The number of aliphatic hydroxyl groups excluding tert-OH is 1.